The molecule has 1 N–H and O–H groups in total. The number of amidine groups is 1. The van der Waals surface area contributed by atoms with Crippen LogP contribution in [0.2, 0.25) is 0 Å². The zero-order valence-corrected chi connectivity index (χ0v) is 14.5. The Morgan fingerprint density at radius 2 is 2.08 bits per heavy atom. The molecule has 0 bridgehead atoms. The highest BCUT2D eigenvalue weighted by Gasteiger charge is 2.28. The lowest BCUT2D eigenvalue weighted by Gasteiger charge is -2.36. The van der Waals surface area contributed by atoms with Crippen molar-refractivity contribution in [2.24, 2.45) is 4.99 Å². The van der Waals surface area contributed by atoms with E-state index in [-0.39, 0.29) is 0 Å². The molecule has 0 aromatic carbocycles. The molecule has 3 aliphatic rings. The number of amides is 1. The first-order chi connectivity index (χ1) is 12.6. The van der Waals surface area contributed by atoms with E-state index in [0.29, 0.717) is 32.8 Å². The molecule has 0 radical (unpaired) electrons. The average Bonchev–Trinajstić information content (AvgIpc) is 3.11. The van der Waals surface area contributed by atoms with Gasteiger partial charge in [-0.2, -0.15) is 4.99 Å². The van der Waals surface area contributed by atoms with Crippen molar-refractivity contribution in [2.45, 2.75) is 0 Å². The van der Waals surface area contributed by atoms with Gasteiger partial charge in [-0.3, -0.25) is 4.84 Å². The number of piperazine rings is 1. The number of anilines is 1. The van der Waals surface area contributed by atoms with Gasteiger partial charge in [0, 0.05) is 50.2 Å². The van der Waals surface area contributed by atoms with Gasteiger partial charge in [0.15, 0.2) is 6.67 Å². The van der Waals surface area contributed by atoms with Crippen molar-refractivity contribution in [2.75, 3.05) is 44.9 Å². The van der Waals surface area contributed by atoms with Crippen LogP contribution in [-0.4, -0.2) is 66.8 Å². The molecule has 1 unspecified atom stereocenters. The van der Waals surface area contributed by atoms with Crippen molar-refractivity contribution in [3.05, 3.63) is 42.4 Å². The topological polar surface area (TPSA) is 88.8 Å². The molecule has 1 amide bonds. The second kappa shape index (κ2) is 6.77. The highest BCUT2D eigenvalue weighted by molar-refractivity contribution is 5.93. The van der Waals surface area contributed by atoms with Crippen LogP contribution in [0.25, 0.3) is 5.70 Å². The van der Waals surface area contributed by atoms with Gasteiger partial charge in [-0.05, 0) is 12.1 Å². The van der Waals surface area contributed by atoms with Crippen molar-refractivity contribution in [3.8, 4) is 0 Å². The minimum atomic E-state index is -1.11. The van der Waals surface area contributed by atoms with Gasteiger partial charge in [-0.1, -0.05) is 0 Å². The van der Waals surface area contributed by atoms with E-state index in [2.05, 4.69) is 21.1 Å². The number of rotatable bonds is 3. The van der Waals surface area contributed by atoms with Crippen LogP contribution in [0.15, 0.2) is 41.8 Å². The molecule has 1 fully saturated rings. The number of fused-ring (bicyclic) bond motifs is 1. The number of quaternary nitrogens is 1. The fourth-order valence-electron chi connectivity index (χ4n) is 3.23. The van der Waals surface area contributed by atoms with Gasteiger partial charge < -0.3 is 19.7 Å². The Labute approximate surface area is 151 Å². The van der Waals surface area contributed by atoms with Gasteiger partial charge in [0.25, 0.3) is 0 Å². The van der Waals surface area contributed by atoms with Crippen LogP contribution < -0.4 is 14.9 Å². The number of nitrogens with zero attached hydrogens (tertiary/aromatic N) is 5. The number of pyridine rings is 1. The Balaban J connectivity index is 1.44. The number of hydroxylamine groups is 2. The van der Waals surface area contributed by atoms with Crippen molar-refractivity contribution in [1.82, 2.24) is 14.9 Å². The number of carbonyl (C=O) groups is 1. The number of hydrogen-bond acceptors (Lipinski definition) is 7. The molecular formula is C17H20N6O3. The first-order valence-corrected chi connectivity index (χ1v) is 8.47. The highest BCUT2D eigenvalue weighted by Crippen LogP contribution is 2.20. The molecule has 1 aromatic rings. The number of hydrogen-bond donors (Lipinski definition) is 1. The summed E-state index contributed by atoms with van der Waals surface area (Å²) in [5.74, 6) is 1.80. The molecule has 3 aliphatic heterocycles. The van der Waals surface area contributed by atoms with E-state index in [1.54, 1.807) is 12.2 Å². The minimum Gasteiger partial charge on any atom is -0.530 e. The Morgan fingerprint density at radius 1 is 1.27 bits per heavy atom. The quantitative estimate of drug-likeness (QED) is 0.709. The van der Waals surface area contributed by atoms with Crippen LogP contribution in [0.1, 0.15) is 5.56 Å². The number of carbonyl (C=O) groups excluding carboxylic acids is 1. The van der Waals surface area contributed by atoms with E-state index in [1.807, 2.05) is 30.6 Å². The molecule has 26 heavy (non-hydrogen) atoms. The maximum atomic E-state index is 10.9. The van der Waals surface area contributed by atoms with Gasteiger partial charge in [-0.25, -0.2) is 14.9 Å². The summed E-state index contributed by atoms with van der Waals surface area (Å²) in [6.07, 6.45) is 6.56. The average molecular weight is 356 g/mol. The number of aliphatic imine (C=N–C) groups is 1. The van der Waals surface area contributed by atoms with E-state index in [1.165, 1.54) is 4.90 Å². The number of carboxylic acid groups (broad SMARTS) is 1. The zero-order valence-electron chi connectivity index (χ0n) is 14.5. The first kappa shape index (κ1) is 16.6. The van der Waals surface area contributed by atoms with Gasteiger partial charge in [0.1, 0.15) is 23.8 Å². The lowest BCUT2D eigenvalue weighted by atomic mass is 10.2. The summed E-state index contributed by atoms with van der Waals surface area (Å²) >= 11 is 0. The third-order valence-electron chi connectivity index (χ3n) is 4.75. The third-order valence-corrected chi connectivity index (χ3v) is 4.75. The van der Waals surface area contributed by atoms with E-state index < -0.39 is 6.09 Å². The minimum absolute atomic E-state index is 0.436. The predicted molar refractivity (Wildman–Crippen MR) is 92.6 cm³/mol. The molecule has 4 rings (SSSR count). The lowest BCUT2D eigenvalue weighted by molar-refractivity contribution is -0.766. The van der Waals surface area contributed by atoms with Crippen molar-refractivity contribution >= 4 is 23.4 Å². The van der Waals surface area contributed by atoms with Gasteiger partial charge in [0.05, 0.1) is 7.11 Å². The molecule has 9 nitrogen and oxygen atoms in total. The summed E-state index contributed by atoms with van der Waals surface area (Å²) in [6, 6.07) is 3.95. The second-order valence-corrected chi connectivity index (χ2v) is 6.27. The molecular weight excluding hydrogens is 336 g/mol. The van der Waals surface area contributed by atoms with Gasteiger partial charge in [0.2, 0.25) is 5.84 Å². The molecule has 0 saturated carbocycles. The zero-order chi connectivity index (χ0) is 18.1. The van der Waals surface area contributed by atoms with E-state index in [4.69, 9.17) is 4.84 Å². The molecule has 136 valence electrons. The Bertz CT molecular complexity index is 780. The monoisotopic (exact) mass is 356 g/mol. The van der Waals surface area contributed by atoms with Crippen LogP contribution in [0.3, 0.4) is 0 Å². The second-order valence-electron chi connectivity index (χ2n) is 6.27. The Morgan fingerprint density at radius 3 is 2.73 bits per heavy atom. The highest BCUT2D eigenvalue weighted by atomic mass is 16.7. The van der Waals surface area contributed by atoms with Gasteiger partial charge in [-0.15, -0.1) is 0 Å². The molecule has 1 atom stereocenters. The predicted octanol–water partition coefficient (Wildman–Crippen LogP) is -1.51. The largest absolute Gasteiger partial charge is 0.530 e. The van der Waals surface area contributed by atoms with E-state index in [0.717, 1.165) is 27.8 Å². The summed E-state index contributed by atoms with van der Waals surface area (Å²) in [6.45, 7) is 2.77. The van der Waals surface area contributed by atoms with Gasteiger partial charge >= 0.3 is 0 Å². The maximum Gasteiger partial charge on any atom is 0.234 e. The summed E-state index contributed by atoms with van der Waals surface area (Å²) < 4.78 is 0. The maximum absolute atomic E-state index is 10.9. The smallest absolute Gasteiger partial charge is 0.234 e. The van der Waals surface area contributed by atoms with Crippen LogP contribution in [0.5, 0.6) is 0 Å². The van der Waals surface area contributed by atoms with Crippen molar-refractivity contribution in [3.63, 3.8) is 0 Å². The van der Waals surface area contributed by atoms with Crippen molar-refractivity contribution < 1.29 is 19.6 Å². The van der Waals surface area contributed by atoms with Crippen molar-refractivity contribution in [1.29, 1.82) is 0 Å². The normalized spacial score (nSPS) is 22.2. The summed E-state index contributed by atoms with van der Waals surface area (Å²) in [7, 11) is 1.64. The fourth-order valence-corrected chi connectivity index (χ4v) is 3.23. The lowest BCUT2D eigenvalue weighted by Crippen LogP contribution is -3.11. The summed E-state index contributed by atoms with van der Waals surface area (Å²) in [5.41, 5.74) is 1.84. The summed E-state index contributed by atoms with van der Waals surface area (Å²) in [4.78, 5) is 29.8. The molecule has 0 spiro atoms. The van der Waals surface area contributed by atoms with E-state index >= 15 is 0 Å². The molecule has 1 saturated heterocycles. The molecule has 0 aliphatic carbocycles. The first-order valence-electron chi connectivity index (χ1n) is 8.47. The summed E-state index contributed by atoms with van der Waals surface area (Å²) in [5, 5.41) is 12.6. The Kier molecular flexibility index (Phi) is 4.31. The third kappa shape index (κ3) is 3.14. The van der Waals surface area contributed by atoms with Crippen LogP contribution >= 0.6 is 0 Å². The number of aromatic nitrogens is 1. The van der Waals surface area contributed by atoms with Crippen LogP contribution in [0, 0.1) is 0 Å². The van der Waals surface area contributed by atoms with Crippen LogP contribution in [-0.2, 0) is 4.84 Å². The number of nitrogens with one attached hydrogen (secondary N) is 1. The Hall–Kier alpha value is -2.91. The molecule has 9 heteroatoms. The van der Waals surface area contributed by atoms with Crippen LogP contribution in [0.4, 0.5) is 10.6 Å². The van der Waals surface area contributed by atoms with E-state index in [9.17, 15) is 9.90 Å². The SMILES string of the molecule is CON1C=CC2=NC(c3ccc(N4CCN(C(=O)[O-])CC4)nc3)=C[NH+]2C1. The molecule has 1 aromatic heterocycles. The molecule has 4 heterocycles. The fraction of sp³-hybridized carbons (Fsp3) is 0.353. The standard InChI is InChI=1S/C17H20N6O3/c1-26-23-5-4-16-19-14(11-22(16)12-23)13-2-3-15(18-10-13)20-6-8-21(9-7-20)17(24)25/h2-5,10-11H,6-9,12H2,1H3,(H,24,25).